The fraction of sp³-hybridized carbons (Fsp3) is 0.391. The molecule has 34 heavy (non-hydrogen) atoms. The minimum absolute atomic E-state index is 0.105. The van der Waals surface area contributed by atoms with E-state index in [1.165, 1.54) is 0 Å². The van der Waals surface area contributed by atoms with Crippen LogP contribution < -0.4 is 4.90 Å². The highest BCUT2D eigenvalue weighted by Gasteiger charge is 2.35. The minimum Gasteiger partial charge on any atom is -0.391 e. The molecule has 8 nitrogen and oxygen atoms in total. The lowest BCUT2D eigenvalue weighted by molar-refractivity contribution is -0.140. The van der Waals surface area contributed by atoms with Crippen LogP contribution >= 0.6 is 0 Å². The van der Waals surface area contributed by atoms with Gasteiger partial charge in [0, 0.05) is 32.1 Å². The molecular formula is C23H24F3N7O. The van der Waals surface area contributed by atoms with Gasteiger partial charge in [0.05, 0.1) is 11.8 Å². The van der Waals surface area contributed by atoms with Crippen LogP contribution in [0.1, 0.15) is 36.3 Å². The SMILES string of the molecule is CC(Cc1nncn1C)c1cccc(-c2n[nH]c3c(N4CCC(O)C4)cc(C(F)(F)F)nc23)c1. The Balaban J connectivity index is 1.56. The van der Waals surface area contributed by atoms with Crippen molar-refractivity contribution in [1.82, 2.24) is 29.9 Å². The maximum absolute atomic E-state index is 13.7. The maximum Gasteiger partial charge on any atom is 0.433 e. The zero-order valence-electron chi connectivity index (χ0n) is 18.7. The Hall–Kier alpha value is -3.47. The van der Waals surface area contributed by atoms with Crippen LogP contribution in [0.4, 0.5) is 18.9 Å². The Morgan fingerprint density at radius 2 is 2.09 bits per heavy atom. The number of hydrogen-bond donors (Lipinski definition) is 2. The molecule has 4 aromatic rings. The number of β-amino-alcohol motifs (C(OH)–C–C–N with tert-alkyl or cyclic N) is 1. The standard InChI is InChI=1S/C23H24F3N7O/c1-13(8-19-29-27-12-32(19)2)14-4-3-5-15(9-14)20-22-21(31-30-20)17(33-7-6-16(34)11-33)10-18(28-22)23(24,25)26/h3-5,9-10,12-13,16,34H,6-8,11H2,1-2H3,(H,30,31). The van der Waals surface area contributed by atoms with Crippen molar-refractivity contribution in [2.24, 2.45) is 7.05 Å². The van der Waals surface area contributed by atoms with Crippen LogP contribution in [0.25, 0.3) is 22.3 Å². The number of aliphatic hydroxyl groups excluding tert-OH is 1. The topological polar surface area (TPSA) is 95.8 Å². The fourth-order valence-electron chi connectivity index (χ4n) is 4.41. The molecule has 0 amide bonds. The number of aromatic nitrogens is 6. The molecule has 1 aliphatic rings. The number of H-pyrrole nitrogens is 1. The van der Waals surface area contributed by atoms with Crippen LogP contribution in [-0.2, 0) is 19.6 Å². The van der Waals surface area contributed by atoms with E-state index in [4.69, 9.17) is 0 Å². The monoisotopic (exact) mass is 471 g/mol. The molecule has 5 rings (SSSR count). The summed E-state index contributed by atoms with van der Waals surface area (Å²) >= 11 is 0. The lowest BCUT2D eigenvalue weighted by Gasteiger charge is -2.20. The van der Waals surface area contributed by atoms with E-state index in [1.807, 2.05) is 35.9 Å². The number of hydrogen-bond acceptors (Lipinski definition) is 6. The molecule has 0 radical (unpaired) electrons. The van der Waals surface area contributed by atoms with Crippen LogP contribution in [0, 0.1) is 0 Å². The predicted octanol–water partition coefficient (Wildman–Crippen LogP) is 3.69. The highest BCUT2D eigenvalue weighted by atomic mass is 19.4. The van der Waals surface area contributed by atoms with Gasteiger partial charge in [0.25, 0.3) is 0 Å². The van der Waals surface area contributed by atoms with Crippen LogP contribution in [-0.4, -0.2) is 54.2 Å². The van der Waals surface area contributed by atoms with E-state index >= 15 is 0 Å². The number of aliphatic hydroxyl groups is 1. The molecule has 1 aromatic carbocycles. The number of alkyl halides is 3. The van der Waals surface area contributed by atoms with Crippen molar-refractivity contribution in [2.75, 3.05) is 18.0 Å². The number of aryl methyl sites for hydroxylation is 1. The molecule has 0 spiro atoms. The summed E-state index contributed by atoms with van der Waals surface area (Å²) in [4.78, 5) is 5.69. The molecule has 0 aliphatic carbocycles. The van der Waals surface area contributed by atoms with E-state index in [1.54, 1.807) is 11.2 Å². The largest absolute Gasteiger partial charge is 0.433 e. The molecule has 0 bridgehead atoms. The molecule has 3 aromatic heterocycles. The Labute approximate surface area is 193 Å². The predicted molar refractivity (Wildman–Crippen MR) is 120 cm³/mol. The van der Waals surface area contributed by atoms with Gasteiger partial charge in [-0.2, -0.15) is 18.3 Å². The van der Waals surface area contributed by atoms with E-state index in [9.17, 15) is 18.3 Å². The summed E-state index contributed by atoms with van der Waals surface area (Å²) in [6.07, 6.45) is -2.37. The first-order chi connectivity index (χ1) is 16.2. The third-order valence-electron chi connectivity index (χ3n) is 6.32. The van der Waals surface area contributed by atoms with E-state index in [0.717, 1.165) is 17.5 Å². The summed E-state index contributed by atoms with van der Waals surface area (Å²) in [5, 5.41) is 25.2. The van der Waals surface area contributed by atoms with Gasteiger partial charge in [0.15, 0.2) is 0 Å². The van der Waals surface area contributed by atoms with E-state index in [2.05, 4.69) is 32.3 Å². The normalized spacial score (nSPS) is 17.6. The molecule has 178 valence electrons. The van der Waals surface area contributed by atoms with Crippen molar-refractivity contribution < 1.29 is 18.3 Å². The van der Waals surface area contributed by atoms with Crippen LogP contribution in [0.3, 0.4) is 0 Å². The van der Waals surface area contributed by atoms with Crippen molar-refractivity contribution in [3.63, 3.8) is 0 Å². The molecule has 2 unspecified atom stereocenters. The summed E-state index contributed by atoms with van der Waals surface area (Å²) in [5.41, 5.74) is 1.98. The van der Waals surface area contributed by atoms with E-state index in [0.29, 0.717) is 41.8 Å². The summed E-state index contributed by atoms with van der Waals surface area (Å²) in [6, 6.07) is 8.61. The maximum atomic E-state index is 13.7. The van der Waals surface area contributed by atoms with Gasteiger partial charge < -0.3 is 14.6 Å². The molecule has 0 saturated carbocycles. The third kappa shape index (κ3) is 4.11. The zero-order chi connectivity index (χ0) is 24.0. The first-order valence-corrected chi connectivity index (χ1v) is 11.0. The minimum atomic E-state index is -4.61. The van der Waals surface area contributed by atoms with E-state index < -0.39 is 18.0 Å². The average Bonchev–Trinajstić information content (AvgIpc) is 3.53. The van der Waals surface area contributed by atoms with Gasteiger partial charge in [0.2, 0.25) is 0 Å². The van der Waals surface area contributed by atoms with Crippen molar-refractivity contribution in [3.05, 3.63) is 53.7 Å². The number of rotatable bonds is 5. The molecule has 2 N–H and O–H groups in total. The Morgan fingerprint density at radius 1 is 1.26 bits per heavy atom. The summed E-state index contributed by atoms with van der Waals surface area (Å²) in [5.74, 6) is 0.949. The number of halogens is 3. The molecule has 11 heteroatoms. The average molecular weight is 471 g/mol. The van der Waals surface area contributed by atoms with Gasteiger partial charge in [-0.15, -0.1) is 10.2 Å². The number of anilines is 1. The summed E-state index contributed by atoms with van der Waals surface area (Å²) in [6.45, 7) is 2.79. The number of pyridine rings is 1. The molecular weight excluding hydrogens is 447 g/mol. The smallest absolute Gasteiger partial charge is 0.391 e. The summed E-state index contributed by atoms with van der Waals surface area (Å²) in [7, 11) is 1.88. The van der Waals surface area contributed by atoms with Gasteiger partial charge in [-0.25, -0.2) is 4.98 Å². The van der Waals surface area contributed by atoms with Crippen molar-refractivity contribution in [1.29, 1.82) is 0 Å². The number of benzene rings is 1. The van der Waals surface area contributed by atoms with Crippen LogP contribution in [0.5, 0.6) is 0 Å². The molecule has 4 heterocycles. The Morgan fingerprint density at radius 3 is 2.76 bits per heavy atom. The quantitative estimate of drug-likeness (QED) is 0.461. The highest BCUT2D eigenvalue weighted by molar-refractivity contribution is 5.97. The van der Waals surface area contributed by atoms with Crippen molar-refractivity contribution >= 4 is 16.7 Å². The second kappa shape index (κ2) is 8.39. The highest BCUT2D eigenvalue weighted by Crippen LogP contribution is 2.38. The van der Waals surface area contributed by atoms with Crippen molar-refractivity contribution in [3.8, 4) is 11.3 Å². The molecule has 2 atom stereocenters. The summed E-state index contributed by atoms with van der Waals surface area (Å²) < 4.78 is 43.0. The lowest BCUT2D eigenvalue weighted by Crippen LogP contribution is -2.22. The number of nitrogens with one attached hydrogen (secondary N) is 1. The number of nitrogens with zero attached hydrogens (tertiary/aromatic N) is 6. The molecule has 1 saturated heterocycles. The Kier molecular flexibility index (Phi) is 5.51. The first-order valence-electron chi connectivity index (χ1n) is 11.0. The number of aromatic amines is 1. The fourth-order valence-corrected chi connectivity index (χ4v) is 4.41. The number of fused-ring (bicyclic) bond motifs is 1. The van der Waals surface area contributed by atoms with Gasteiger partial charge >= 0.3 is 6.18 Å². The molecule has 1 aliphatic heterocycles. The van der Waals surface area contributed by atoms with E-state index in [-0.39, 0.29) is 18.0 Å². The second-order valence-electron chi connectivity index (χ2n) is 8.80. The Bertz CT molecular complexity index is 1330. The van der Waals surface area contributed by atoms with Crippen molar-refractivity contribution in [2.45, 2.75) is 38.0 Å². The molecule has 1 fully saturated rings. The van der Waals surface area contributed by atoms with Gasteiger partial charge in [-0.05, 0) is 30.0 Å². The van der Waals surface area contributed by atoms with Crippen LogP contribution in [0.15, 0.2) is 36.7 Å². The van der Waals surface area contributed by atoms with Crippen LogP contribution in [0.2, 0.25) is 0 Å². The first kappa shape index (κ1) is 22.3. The van der Waals surface area contributed by atoms with Gasteiger partial charge in [-0.3, -0.25) is 5.10 Å². The second-order valence-corrected chi connectivity index (χ2v) is 8.80. The zero-order valence-corrected chi connectivity index (χ0v) is 18.7. The van der Waals surface area contributed by atoms with Gasteiger partial charge in [-0.1, -0.05) is 25.1 Å². The third-order valence-corrected chi connectivity index (χ3v) is 6.32. The lowest BCUT2D eigenvalue weighted by atomic mass is 9.95. The van der Waals surface area contributed by atoms with Gasteiger partial charge in [0.1, 0.15) is 34.6 Å².